The third-order valence-electron chi connectivity index (χ3n) is 3.94. The first-order valence-electron chi connectivity index (χ1n) is 7.45. The van der Waals surface area contributed by atoms with Gasteiger partial charge in [0.25, 0.3) is 0 Å². The summed E-state index contributed by atoms with van der Waals surface area (Å²) in [6.45, 7) is 2.20. The topological polar surface area (TPSA) is 61.4 Å². The number of rotatable bonds is 4. The molecule has 2 rings (SSSR count). The predicted octanol–water partition coefficient (Wildman–Crippen LogP) is 2.66. The van der Waals surface area contributed by atoms with Crippen LogP contribution in [0.4, 0.5) is 4.79 Å². The molecule has 110 valence electrons. The number of hydrogen-bond acceptors (Lipinski definition) is 2. The Hall–Kier alpha value is -1.55. The van der Waals surface area contributed by atoms with Gasteiger partial charge in [0.05, 0.1) is 6.10 Å². The minimum absolute atomic E-state index is 0.176. The number of carbonyl (C=O) groups is 1. The van der Waals surface area contributed by atoms with Crippen molar-refractivity contribution in [3.8, 4) is 0 Å². The van der Waals surface area contributed by atoms with Crippen LogP contribution >= 0.6 is 0 Å². The fraction of sp³-hybridized carbons (Fsp3) is 0.562. The molecule has 4 heteroatoms. The van der Waals surface area contributed by atoms with Crippen molar-refractivity contribution in [2.45, 2.75) is 51.2 Å². The highest BCUT2D eigenvalue weighted by Crippen LogP contribution is 2.18. The lowest BCUT2D eigenvalue weighted by atomic mass is 9.96. The lowest BCUT2D eigenvalue weighted by Crippen LogP contribution is -2.44. The Morgan fingerprint density at radius 2 is 2.00 bits per heavy atom. The molecule has 1 aromatic carbocycles. The highest BCUT2D eigenvalue weighted by molar-refractivity contribution is 5.74. The fourth-order valence-electron chi connectivity index (χ4n) is 2.74. The predicted molar refractivity (Wildman–Crippen MR) is 79.5 cm³/mol. The largest absolute Gasteiger partial charge is 0.387 e. The summed E-state index contributed by atoms with van der Waals surface area (Å²) in [7, 11) is 0. The van der Waals surface area contributed by atoms with Gasteiger partial charge in [-0.25, -0.2) is 4.79 Å². The monoisotopic (exact) mass is 276 g/mol. The number of aliphatic hydroxyl groups is 1. The molecule has 2 amide bonds. The van der Waals surface area contributed by atoms with E-state index in [1.165, 1.54) is 19.3 Å². The van der Waals surface area contributed by atoms with Crippen molar-refractivity contribution in [3.63, 3.8) is 0 Å². The van der Waals surface area contributed by atoms with Gasteiger partial charge in [-0.1, -0.05) is 43.5 Å². The fourth-order valence-corrected chi connectivity index (χ4v) is 2.74. The second-order valence-electron chi connectivity index (χ2n) is 5.56. The summed E-state index contributed by atoms with van der Waals surface area (Å²) >= 11 is 0. The van der Waals surface area contributed by atoms with Crippen molar-refractivity contribution in [1.82, 2.24) is 10.6 Å². The van der Waals surface area contributed by atoms with Crippen LogP contribution in [-0.4, -0.2) is 23.7 Å². The van der Waals surface area contributed by atoms with Crippen LogP contribution in [0.3, 0.4) is 0 Å². The quantitative estimate of drug-likeness (QED) is 0.791. The van der Waals surface area contributed by atoms with Crippen molar-refractivity contribution in [2.75, 3.05) is 6.54 Å². The zero-order valence-corrected chi connectivity index (χ0v) is 12.1. The average molecular weight is 276 g/mol. The van der Waals surface area contributed by atoms with E-state index in [1.54, 1.807) is 0 Å². The molecule has 0 aliphatic heterocycles. The molecule has 1 saturated carbocycles. The van der Waals surface area contributed by atoms with Crippen LogP contribution in [0, 0.1) is 6.92 Å². The van der Waals surface area contributed by atoms with Crippen molar-refractivity contribution in [3.05, 3.63) is 35.4 Å². The van der Waals surface area contributed by atoms with Gasteiger partial charge < -0.3 is 15.7 Å². The van der Waals surface area contributed by atoms with Gasteiger partial charge in [0, 0.05) is 12.6 Å². The number of urea groups is 1. The molecule has 1 aliphatic carbocycles. The molecule has 0 aromatic heterocycles. The van der Waals surface area contributed by atoms with Crippen LogP contribution in [0.5, 0.6) is 0 Å². The van der Waals surface area contributed by atoms with Gasteiger partial charge in [0.2, 0.25) is 0 Å². The molecule has 4 nitrogen and oxygen atoms in total. The standard InChI is InChI=1S/C16H24N2O2/c1-12-7-5-6-10-14(12)15(19)11-17-16(20)18-13-8-3-2-4-9-13/h5-7,10,13,15,19H,2-4,8-9,11H2,1H3,(H2,17,18,20). The summed E-state index contributed by atoms with van der Waals surface area (Å²) in [4.78, 5) is 11.8. The Balaban J connectivity index is 1.76. The van der Waals surface area contributed by atoms with Crippen molar-refractivity contribution in [2.24, 2.45) is 0 Å². The second kappa shape index (κ2) is 7.29. The van der Waals surface area contributed by atoms with E-state index >= 15 is 0 Å². The number of benzene rings is 1. The minimum Gasteiger partial charge on any atom is -0.387 e. The van der Waals surface area contributed by atoms with E-state index < -0.39 is 6.10 Å². The van der Waals surface area contributed by atoms with E-state index in [0.717, 1.165) is 24.0 Å². The minimum atomic E-state index is -0.659. The number of carbonyl (C=O) groups excluding carboxylic acids is 1. The first-order chi connectivity index (χ1) is 9.66. The van der Waals surface area contributed by atoms with Gasteiger partial charge in [-0.3, -0.25) is 0 Å². The maximum absolute atomic E-state index is 11.8. The zero-order chi connectivity index (χ0) is 14.4. The number of hydrogen-bond donors (Lipinski definition) is 3. The highest BCUT2D eigenvalue weighted by atomic mass is 16.3. The van der Waals surface area contributed by atoms with Gasteiger partial charge in [-0.15, -0.1) is 0 Å². The number of nitrogens with one attached hydrogen (secondary N) is 2. The molecule has 1 aliphatic rings. The molecule has 0 radical (unpaired) electrons. The van der Waals surface area contributed by atoms with E-state index in [1.807, 2.05) is 31.2 Å². The first-order valence-corrected chi connectivity index (χ1v) is 7.45. The van der Waals surface area contributed by atoms with E-state index in [0.29, 0.717) is 6.04 Å². The summed E-state index contributed by atoms with van der Waals surface area (Å²) in [5.74, 6) is 0. The lowest BCUT2D eigenvalue weighted by molar-refractivity contribution is 0.171. The van der Waals surface area contributed by atoms with Gasteiger partial charge in [0.15, 0.2) is 0 Å². The Bertz CT molecular complexity index is 442. The highest BCUT2D eigenvalue weighted by Gasteiger charge is 2.16. The van der Waals surface area contributed by atoms with Gasteiger partial charge >= 0.3 is 6.03 Å². The second-order valence-corrected chi connectivity index (χ2v) is 5.56. The normalized spacial score (nSPS) is 17.5. The molecular formula is C16H24N2O2. The maximum atomic E-state index is 11.8. The summed E-state index contributed by atoms with van der Waals surface area (Å²) < 4.78 is 0. The van der Waals surface area contributed by atoms with Gasteiger partial charge in [-0.2, -0.15) is 0 Å². The summed E-state index contributed by atoms with van der Waals surface area (Å²) in [5, 5.41) is 15.8. The van der Waals surface area contributed by atoms with Gasteiger partial charge in [-0.05, 0) is 30.9 Å². The molecule has 0 heterocycles. The van der Waals surface area contributed by atoms with E-state index in [2.05, 4.69) is 10.6 Å². The van der Waals surface area contributed by atoms with Crippen LogP contribution in [0.2, 0.25) is 0 Å². The van der Waals surface area contributed by atoms with Crippen LogP contribution in [-0.2, 0) is 0 Å². The van der Waals surface area contributed by atoms with Gasteiger partial charge in [0.1, 0.15) is 0 Å². The van der Waals surface area contributed by atoms with Crippen LogP contribution in [0.25, 0.3) is 0 Å². The van der Waals surface area contributed by atoms with E-state index in [4.69, 9.17) is 0 Å². The molecule has 0 bridgehead atoms. The summed E-state index contributed by atoms with van der Waals surface area (Å²) in [6, 6.07) is 7.80. The first kappa shape index (κ1) is 14.9. The number of aliphatic hydroxyl groups excluding tert-OH is 1. The van der Waals surface area contributed by atoms with Crippen LogP contribution in [0.15, 0.2) is 24.3 Å². The molecule has 20 heavy (non-hydrogen) atoms. The van der Waals surface area contributed by atoms with Crippen molar-refractivity contribution < 1.29 is 9.90 Å². The molecule has 0 spiro atoms. The molecule has 3 N–H and O–H groups in total. The Morgan fingerprint density at radius 1 is 1.30 bits per heavy atom. The number of aryl methyl sites for hydroxylation is 1. The van der Waals surface area contributed by atoms with Crippen molar-refractivity contribution >= 4 is 6.03 Å². The molecule has 1 fully saturated rings. The summed E-state index contributed by atoms with van der Waals surface area (Å²) in [6.07, 6.45) is 5.12. The smallest absolute Gasteiger partial charge is 0.315 e. The SMILES string of the molecule is Cc1ccccc1C(O)CNC(=O)NC1CCCCC1. The molecule has 0 saturated heterocycles. The molecule has 1 atom stereocenters. The average Bonchev–Trinajstić information content (AvgIpc) is 2.46. The van der Waals surface area contributed by atoms with E-state index in [9.17, 15) is 9.90 Å². The third kappa shape index (κ3) is 4.23. The third-order valence-corrected chi connectivity index (χ3v) is 3.94. The van der Waals surface area contributed by atoms with Crippen LogP contribution in [0.1, 0.15) is 49.3 Å². The Labute approximate surface area is 120 Å². The lowest BCUT2D eigenvalue weighted by Gasteiger charge is -2.23. The Kier molecular flexibility index (Phi) is 5.41. The number of amides is 2. The molecule has 1 unspecified atom stereocenters. The van der Waals surface area contributed by atoms with Crippen LogP contribution < -0.4 is 10.6 Å². The van der Waals surface area contributed by atoms with E-state index in [-0.39, 0.29) is 12.6 Å². The zero-order valence-electron chi connectivity index (χ0n) is 12.1. The maximum Gasteiger partial charge on any atom is 0.315 e. The Morgan fingerprint density at radius 3 is 2.70 bits per heavy atom. The molecular weight excluding hydrogens is 252 g/mol. The van der Waals surface area contributed by atoms with Crippen molar-refractivity contribution in [1.29, 1.82) is 0 Å². The summed E-state index contributed by atoms with van der Waals surface area (Å²) in [5.41, 5.74) is 1.90. The molecule has 1 aromatic rings.